The summed E-state index contributed by atoms with van der Waals surface area (Å²) < 4.78 is 1.94. The molecule has 4 nitrogen and oxygen atoms in total. The highest BCUT2D eigenvalue weighted by molar-refractivity contribution is 5.78. The Kier molecular flexibility index (Phi) is 5.29. The van der Waals surface area contributed by atoms with Crippen molar-refractivity contribution in [2.45, 2.75) is 26.9 Å². The quantitative estimate of drug-likeness (QED) is 0.744. The molecule has 0 bridgehead atoms. The summed E-state index contributed by atoms with van der Waals surface area (Å²) in [6.07, 6.45) is 2.02. The van der Waals surface area contributed by atoms with Crippen molar-refractivity contribution in [3.63, 3.8) is 0 Å². The van der Waals surface area contributed by atoms with Crippen molar-refractivity contribution in [2.75, 3.05) is 0 Å². The van der Waals surface area contributed by atoms with Gasteiger partial charge in [0.15, 0.2) is 0 Å². The van der Waals surface area contributed by atoms with Crippen molar-refractivity contribution in [3.05, 3.63) is 78.0 Å². The Morgan fingerprint density at radius 1 is 1.04 bits per heavy atom. The number of aromatic nitrogens is 2. The monoisotopic (exact) mass is 333 g/mol. The molecule has 3 rings (SSSR count). The molecule has 128 valence electrons. The molecule has 0 aliphatic rings. The maximum atomic E-state index is 11.9. The second kappa shape index (κ2) is 7.79. The third-order valence-electron chi connectivity index (χ3n) is 4.05. The fourth-order valence-electron chi connectivity index (χ4n) is 2.67. The molecule has 1 N–H and O–H groups in total. The summed E-state index contributed by atoms with van der Waals surface area (Å²) in [5.41, 5.74) is 4.20. The molecule has 0 radical (unpaired) electrons. The zero-order valence-corrected chi connectivity index (χ0v) is 14.6. The van der Waals surface area contributed by atoms with Gasteiger partial charge in [-0.05, 0) is 5.56 Å². The maximum Gasteiger partial charge on any atom is 0.222 e. The molecule has 4 heteroatoms. The first-order valence-corrected chi connectivity index (χ1v) is 8.57. The van der Waals surface area contributed by atoms with Crippen molar-refractivity contribution in [2.24, 2.45) is 5.92 Å². The number of nitrogens with one attached hydrogen (secondary N) is 1. The van der Waals surface area contributed by atoms with E-state index in [9.17, 15) is 4.79 Å². The molecule has 0 saturated carbocycles. The van der Waals surface area contributed by atoms with E-state index in [2.05, 4.69) is 17.4 Å². The minimum Gasteiger partial charge on any atom is -0.352 e. The number of benzene rings is 2. The van der Waals surface area contributed by atoms with E-state index in [1.165, 1.54) is 5.56 Å². The first-order chi connectivity index (χ1) is 12.1. The van der Waals surface area contributed by atoms with E-state index in [1.807, 2.05) is 73.3 Å². The third-order valence-corrected chi connectivity index (χ3v) is 4.05. The lowest BCUT2D eigenvalue weighted by molar-refractivity contribution is -0.124. The van der Waals surface area contributed by atoms with Gasteiger partial charge in [0.25, 0.3) is 0 Å². The molecule has 0 aliphatic heterocycles. The number of amides is 1. The molecule has 0 unspecified atom stereocenters. The predicted molar refractivity (Wildman–Crippen MR) is 99.9 cm³/mol. The van der Waals surface area contributed by atoms with Crippen LogP contribution in [0, 0.1) is 5.92 Å². The summed E-state index contributed by atoms with van der Waals surface area (Å²) in [7, 11) is 0. The van der Waals surface area contributed by atoms with Crippen LogP contribution in [0.15, 0.2) is 66.9 Å². The average Bonchev–Trinajstić information content (AvgIpc) is 3.04. The Labute approximate surface area is 148 Å². The van der Waals surface area contributed by atoms with E-state index in [0.717, 1.165) is 16.8 Å². The Morgan fingerprint density at radius 2 is 1.68 bits per heavy atom. The van der Waals surface area contributed by atoms with E-state index in [1.54, 1.807) is 0 Å². The number of carbonyl (C=O) groups excluding carboxylic acids is 1. The normalized spacial score (nSPS) is 10.8. The summed E-state index contributed by atoms with van der Waals surface area (Å²) in [6, 6.07) is 20.3. The van der Waals surface area contributed by atoms with E-state index >= 15 is 0 Å². The summed E-state index contributed by atoms with van der Waals surface area (Å²) in [4.78, 5) is 11.9. The van der Waals surface area contributed by atoms with Gasteiger partial charge in [-0.1, -0.05) is 74.5 Å². The van der Waals surface area contributed by atoms with Gasteiger partial charge in [-0.25, -0.2) is 0 Å². The first-order valence-electron chi connectivity index (χ1n) is 8.57. The lowest BCUT2D eigenvalue weighted by atomic mass is 10.1. The second-order valence-corrected chi connectivity index (χ2v) is 6.42. The SMILES string of the molecule is CC(C)C(=O)NCc1cn(Cc2ccccc2)nc1-c1ccccc1. The van der Waals surface area contributed by atoms with Crippen molar-refractivity contribution in [3.8, 4) is 11.3 Å². The van der Waals surface area contributed by atoms with Crippen LogP contribution in [0.25, 0.3) is 11.3 Å². The summed E-state index contributed by atoms with van der Waals surface area (Å²) >= 11 is 0. The Hall–Kier alpha value is -2.88. The molecule has 0 fully saturated rings. The van der Waals surface area contributed by atoms with Gasteiger partial charge in [0.05, 0.1) is 12.2 Å². The van der Waals surface area contributed by atoms with Gasteiger partial charge >= 0.3 is 0 Å². The second-order valence-electron chi connectivity index (χ2n) is 6.42. The van der Waals surface area contributed by atoms with E-state index < -0.39 is 0 Å². The average molecular weight is 333 g/mol. The molecule has 2 aromatic carbocycles. The van der Waals surface area contributed by atoms with Crippen LogP contribution in [0.1, 0.15) is 25.0 Å². The molecule has 1 amide bonds. The number of rotatable bonds is 6. The molecule has 0 saturated heterocycles. The summed E-state index contributed by atoms with van der Waals surface area (Å²) in [6.45, 7) is 4.98. The maximum absolute atomic E-state index is 11.9. The zero-order valence-electron chi connectivity index (χ0n) is 14.6. The molecule has 0 aliphatic carbocycles. The van der Waals surface area contributed by atoms with Crippen LogP contribution in [-0.2, 0) is 17.9 Å². The Morgan fingerprint density at radius 3 is 2.32 bits per heavy atom. The molecule has 25 heavy (non-hydrogen) atoms. The largest absolute Gasteiger partial charge is 0.352 e. The highest BCUT2D eigenvalue weighted by atomic mass is 16.1. The van der Waals surface area contributed by atoms with E-state index in [-0.39, 0.29) is 11.8 Å². The number of carbonyl (C=O) groups is 1. The van der Waals surface area contributed by atoms with Crippen LogP contribution >= 0.6 is 0 Å². The molecule has 0 spiro atoms. The van der Waals surface area contributed by atoms with Crippen LogP contribution in [-0.4, -0.2) is 15.7 Å². The molecule has 1 heterocycles. The molecule has 1 aromatic heterocycles. The zero-order chi connectivity index (χ0) is 17.6. The van der Waals surface area contributed by atoms with Gasteiger partial charge in [-0.3, -0.25) is 9.48 Å². The number of nitrogens with zero attached hydrogens (tertiary/aromatic N) is 2. The third kappa shape index (κ3) is 4.35. The summed E-state index contributed by atoms with van der Waals surface area (Å²) in [5.74, 6) is 0.0226. The number of hydrogen-bond donors (Lipinski definition) is 1. The fourth-order valence-corrected chi connectivity index (χ4v) is 2.67. The van der Waals surface area contributed by atoms with Gasteiger partial charge in [0.1, 0.15) is 0 Å². The topological polar surface area (TPSA) is 46.9 Å². The van der Waals surface area contributed by atoms with Crippen LogP contribution in [0.2, 0.25) is 0 Å². The van der Waals surface area contributed by atoms with Crippen molar-refractivity contribution >= 4 is 5.91 Å². The standard InChI is InChI=1S/C21H23N3O/c1-16(2)21(25)22-13-19-15-24(14-17-9-5-3-6-10-17)23-20(19)18-11-7-4-8-12-18/h3-12,15-16H,13-14H2,1-2H3,(H,22,25). The number of hydrogen-bond acceptors (Lipinski definition) is 2. The lowest BCUT2D eigenvalue weighted by Crippen LogP contribution is -2.27. The van der Waals surface area contributed by atoms with Gasteiger partial charge < -0.3 is 5.32 Å². The van der Waals surface area contributed by atoms with Gasteiger partial charge in [-0.15, -0.1) is 0 Å². The smallest absolute Gasteiger partial charge is 0.222 e. The van der Waals surface area contributed by atoms with Crippen LogP contribution < -0.4 is 5.32 Å². The lowest BCUT2D eigenvalue weighted by Gasteiger charge is -2.07. The highest BCUT2D eigenvalue weighted by Gasteiger charge is 2.13. The minimum atomic E-state index is -0.0282. The van der Waals surface area contributed by atoms with Crippen LogP contribution in [0.5, 0.6) is 0 Å². The molecular formula is C21H23N3O. The van der Waals surface area contributed by atoms with Gasteiger partial charge in [0.2, 0.25) is 5.91 Å². The van der Waals surface area contributed by atoms with Crippen LogP contribution in [0.3, 0.4) is 0 Å². The Bertz CT molecular complexity index is 823. The first kappa shape index (κ1) is 17.0. The predicted octanol–water partition coefficient (Wildman–Crippen LogP) is 3.87. The van der Waals surface area contributed by atoms with Crippen molar-refractivity contribution in [1.82, 2.24) is 15.1 Å². The molecule has 3 aromatic rings. The van der Waals surface area contributed by atoms with E-state index in [0.29, 0.717) is 13.1 Å². The van der Waals surface area contributed by atoms with Crippen LogP contribution in [0.4, 0.5) is 0 Å². The summed E-state index contributed by atoms with van der Waals surface area (Å²) in [5, 5.41) is 7.76. The molecular weight excluding hydrogens is 310 g/mol. The highest BCUT2D eigenvalue weighted by Crippen LogP contribution is 2.22. The Balaban J connectivity index is 1.87. The van der Waals surface area contributed by atoms with Crippen molar-refractivity contribution < 1.29 is 4.79 Å². The van der Waals surface area contributed by atoms with E-state index in [4.69, 9.17) is 5.10 Å². The fraction of sp³-hybridized carbons (Fsp3) is 0.238. The molecule has 0 atom stereocenters. The van der Waals surface area contributed by atoms with Gasteiger partial charge in [0, 0.05) is 29.8 Å². The minimum absolute atomic E-state index is 0.0282. The van der Waals surface area contributed by atoms with Crippen molar-refractivity contribution in [1.29, 1.82) is 0 Å². The van der Waals surface area contributed by atoms with Gasteiger partial charge in [-0.2, -0.15) is 5.10 Å².